The first-order valence-electron chi connectivity index (χ1n) is 6.25. The molecule has 114 valence electrons. The Kier molecular flexibility index (Phi) is 4.34. The lowest BCUT2D eigenvalue weighted by molar-refractivity contribution is -0.385. The number of hydrogen-bond acceptors (Lipinski definition) is 6. The molecule has 1 fully saturated rings. The molecule has 1 amide bonds. The van der Waals surface area contributed by atoms with Crippen molar-refractivity contribution in [3.8, 4) is 0 Å². The maximum absolute atomic E-state index is 13.6. The number of hydrazine groups is 1. The van der Waals surface area contributed by atoms with E-state index in [2.05, 4.69) is 5.43 Å². The van der Waals surface area contributed by atoms with Crippen molar-refractivity contribution in [1.29, 1.82) is 0 Å². The molecule has 0 aliphatic carbocycles. The molecule has 1 aliphatic heterocycles. The number of rotatable bonds is 4. The molecule has 21 heavy (non-hydrogen) atoms. The summed E-state index contributed by atoms with van der Waals surface area (Å²) in [5.74, 6) is 3.67. The number of nitrogens with two attached hydrogens (primary N) is 1. The highest BCUT2D eigenvalue weighted by Gasteiger charge is 2.30. The lowest BCUT2D eigenvalue weighted by atomic mass is 10.1. The lowest BCUT2D eigenvalue weighted by Gasteiger charge is -2.23. The fourth-order valence-electron chi connectivity index (χ4n) is 2.18. The van der Waals surface area contributed by atoms with E-state index in [0.29, 0.717) is 25.7 Å². The predicted octanol–water partition coefficient (Wildman–Crippen LogP) is 0.880. The van der Waals surface area contributed by atoms with E-state index in [0.717, 1.165) is 6.07 Å². The molecular formula is C12H15FN4O4. The molecule has 0 radical (unpaired) electrons. The van der Waals surface area contributed by atoms with Crippen LogP contribution in [0.5, 0.6) is 0 Å². The fraction of sp³-hybridized carbons (Fsp3) is 0.417. The quantitative estimate of drug-likeness (QED) is 0.485. The van der Waals surface area contributed by atoms with Gasteiger partial charge in [-0.25, -0.2) is 4.39 Å². The van der Waals surface area contributed by atoms with Crippen LogP contribution in [0.25, 0.3) is 0 Å². The number of likely N-dealkylation sites (N-methyl/N-ethyl adjacent to an activating group) is 1. The number of halogens is 1. The Morgan fingerprint density at radius 1 is 1.62 bits per heavy atom. The number of carbonyl (C=O) groups is 1. The SMILES string of the molecule is CN(C(=O)c1cc(NN)c(F)cc1[N+](=O)[O-])C1CCOC1. The molecule has 0 saturated carbocycles. The second-order valence-electron chi connectivity index (χ2n) is 4.68. The third-order valence-corrected chi connectivity index (χ3v) is 3.44. The summed E-state index contributed by atoms with van der Waals surface area (Å²) in [6, 6.07) is 1.57. The second-order valence-corrected chi connectivity index (χ2v) is 4.68. The number of hydrogen-bond donors (Lipinski definition) is 2. The zero-order valence-corrected chi connectivity index (χ0v) is 11.3. The lowest BCUT2D eigenvalue weighted by Crippen LogP contribution is -2.37. The number of benzene rings is 1. The molecule has 2 rings (SSSR count). The molecule has 1 atom stereocenters. The van der Waals surface area contributed by atoms with Crippen molar-refractivity contribution >= 4 is 17.3 Å². The average Bonchev–Trinajstić information content (AvgIpc) is 2.99. The molecule has 0 aromatic heterocycles. The average molecular weight is 298 g/mol. The minimum absolute atomic E-state index is 0.156. The third kappa shape index (κ3) is 2.93. The Morgan fingerprint density at radius 3 is 2.86 bits per heavy atom. The number of nitro benzene ring substituents is 1. The zero-order chi connectivity index (χ0) is 15.6. The molecular weight excluding hydrogens is 283 g/mol. The molecule has 1 heterocycles. The molecule has 1 saturated heterocycles. The summed E-state index contributed by atoms with van der Waals surface area (Å²) in [5.41, 5.74) is 1.08. The van der Waals surface area contributed by atoms with Gasteiger partial charge < -0.3 is 15.1 Å². The molecule has 1 aliphatic rings. The van der Waals surface area contributed by atoms with Gasteiger partial charge in [0.25, 0.3) is 11.6 Å². The van der Waals surface area contributed by atoms with Crippen molar-refractivity contribution < 1.29 is 18.8 Å². The van der Waals surface area contributed by atoms with Gasteiger partial charge in [0.05, 0.1) is 29.3 Å². The summed E-state index contributed by atoms with van der Waals surface area (Å²) in [7, 11) is 1.53. The molecule has 1 aromatic rings. The van der Waals surface area contributed by atoms with E-state index in [-0.39, 0.29) is 17.3 Å². The van der Waals surface area contributed by atoms with Crippen LogP contribution in [0.3, 0.4) is 0 Å². The summed E-state index contributed by atoms with van der Waals surface area (Å²) in [5, 5.41) is 11.0. The Hall–Kier alpha value is -2.26. The van der Waals surface area contributed by atoms with Crippen LogP contribution in [0.2, 0.25) is 0 Å². The van der Waals surface area contributed by atoms with Crippen molar-refractivity contribution in [2.24, 2.45) is 5.84 Å². The van der Waals surface area contributed by atoms with E-state index in [1.807, 2.05) is 0 Å². The van der Waals surface area contributed by atoms with E-state index in [1.54, 1.807) is 0 Å². The normalized spacial score (nSPS) is 17.6. The monoisotopic (exact) mass is 298 g/mol. The number of amides is 1. The summed E-state index contributed by atoms with van der Waals surface area (Å²) in [4.78, 5) is 24.0. The molecule has 0 spiro atoms. The van der Waals surface area contributed by atoms with Crippen LogP contribution in [-0.2, 0) is 4.74 Å². The number of nitrogen functional groups attached to an aromatic ring is 1. The Labute approximate surface area is 119 Å². The van der Waals surface area contributed by atoms with Gasteiger partial charge in [-0.2, -0.15) is 0 Å². The van der Waals surface area contributed by atoms with E-state index in [9.17, 15) is 19.3 Å². The summed E-state index contributed by atoms with van der Waals surface area (Å²) in [6.45, 7) is 0.905. The van der Waals surface area contributed by atoms with E-state index in [1.165, 1.54) is 11.9 Å². The van der Waals surface area contributed by atoms with Crippen molar-refractivity contribution in [1.82, 2.24) is 4.90 Å². The van der Waals surface area contributed by atoms with E-state index in [4.69, 9.17) is 10.6 Å². The van der Waals surface area contributed by atoms with Gasteiger partial charge in [0, 0.05) is 13.7 Å². The summed E-state index contributed by atoms with van der Waals surface area (Å²) in [6.07, 6.45) is 0.652. The molecule has 8 nitrogen and oxygen atoms in total. The first-order chi connectivity index (χ1) is 9.95. The first kappa shape index (κ1) is 15.1. The van der Waals surface area contributed by atoms with Crippen molar-refractivity contribution in [3.05, 3.63) is 33.6 Å². The van der Waals surface area contributed by atoms with Gasteiger partial charge in [-0.15, -0.1) is 0 Å². The molecule has 1 unspecified atom stereocenters. The number of anilines is 1. The van der Waals surface area contributed by atoms with Gasteiger partial charge >= 0.3 is 0 Å². The number of nitro groups is 1. The van der Waals surface area contributed by atoms with Crippen LogP contribution >= 0.6 is 0 Å². The summed E-state index contributed by atoms with van der Waals surface area (Å²) < 4.78 is 18.8. The van der Waals surface area contributed by atoms with Crippen LogP contribution in [0, 0.1) is 15.9 Å². The van der Waals surface area contributed by atoms with E-state index < -0.39 is 22.3 Å². The highest BCUT2D eigenvalue weighted by atomic mass is 19.1. The number of ether oxygens (including phenoxy) is 1. The highest BCUT2D eigenvalue weighted by Crippen LogP contribution is 2.27. The highest BCUT2D eigenvalue weighted by molar-refractivity contribution is 5.99. The van der Waals surface area contributed by atoms with Crippen molar-refractivity contribution in [2.45, 2.75) is 12.5 Å². The Balaban J connectivity index is 2.40. The van der Waals surface area contributed by atoms with Crippen LogP contribution in [0.4, 0.5) is 15.8 Å². The standard InChI is InChI=1S/C12H15FN4O4/c1-16(7-2-3-21-6-7)12(18)8-4-10(15-14)9(13)5-11(8)17(19)20/h4-5,7,15H,2-3,6,14H2,1H3. The van der Waals surface area contributed by atoms with Crippen molar-refractivity contribution in [2.75, 3.05) is 25.7 Å². The van der Waals surface area contributed by atoms with Crippen LogP contribution in [0.1, 0.15) is 16.8 Å². The third-order valence-electron chi connectivity index (χ3n) is 3.44. The van der Waals surface area contributed by atoms with Crippen LogP contribution in [0.15, 0.2) is 12.1 Å². The number of carbonyl (C=O) groups excluding carboxylic acids is 1. The Morgan fingerprint density at radius 2 is 2.33 bits per heavy atom. The summed E-state index contributed by atoms with van der Waals surface area (Å²) >= 11 is 0. The Bertz CT molecular complexity index is 575. The van der Waals surface area contributed by atoms with Crippen LogP contribution < -0.4 is 11.3 Å². The molecule has 1 aromatic carbocycles. The van der Waals surface area contributed by atoms with Gasteiger partial charge in [-0.1, -0.05) is 0 Å². The number of nitrogens with zero attached hydrogens (tertiary/aromatic N) is 2. The van der Waals surface area contributed by atoms with Gasteiger partial charge in [-0.3, -0.25) is 20.8 Å². The number of nitrogens with one attached hydrogen (secondary N) is 1. The molecule has 3 N–H and O–H groups in total. The smallest absolute Gasteiger partial charge is 0.285 e. The molecule has 0 bridgehead atoms. The minimum atomic E-state index is -0.896. The maximum atomic E-state index is 13.6. The second kappa shape index (κ2) is 6.02. The van der Waals surface area contributed by atoms with E-state index >= 15 is 0 Å². The maximum Gasteiger partial charge on any atom is 0.285 e. The van der Waals surface area contributed by atoms with Gasteiger partial charge in [0.2, 0.25) is 0 Å². The predicted molar refractivity (Wildman–Crippen MR) is 72.2 cm³/mol. The van der Waals surface area contributed by atoms with Crippen LogP contribution in [-0.4, -0.2) is 42.0 Å². The zero-order valence-electron chi connectivity index (χ0n) is 11.3. The fourth-order valence-corrected chi connectivity index (χ4v) is 2.18. The minimum Gasteiger partial charge on any atom is -0.379 e. The topological polar surface area (TPSA) is 111 Å². The van der Waals surface area contributed by atoms with Gasteiger partial charge in [0.15, 0.2) is 5.82 Å². The van der Waals surface area contributed by atoms with Gasteiger partial charge in [0.1, 0.15) is 5.56 Å². The molecule has 9 heteroatoms. The largest absolute Gasteiger partial charge is 0.379 e. The van der Waals surface area contributed by atoms with Gasteiger partial charge in [-0.05, 0) is 12.5 Å². The first-order valence-corrected chi connectivity index (χ1v) is 6.25. The van der Waals surface area contributed by atoms with Crippen molar-refractivity contribution in [3.63, 3.8) is 0 Å².